The first kappa shape index (κ1) is 20.7. The molecule has 28 heavy (non-hydrogen) atoms. The van der Waals surface area contributed by atoms with Crippen LogP contribution >= 0.6 is 12.2 Å². The topological polar surface area (TPSA) is 60.9 Å². The van der Waals surface area contributed by atoms with Gasteiger partial charge in [0.15, 0.2) is 0 Å². The average Bonchev–Trinajstić information content (AvgIpc) is 3.13. The molecular formula is C19H28FN5O2S. The first-order valence-corrected chi connectivity index (χ1v) is 10.1. The van der Waals surface area contributed by atoms with E-state index in [1.165, 1.54) is 0 Å². The second-order valence-electron chi connectivity index (χ2n) is 8.10. The van der Waals surface area contributed by atoms with Crippen LogP contribution in [0.3, 0.4) is 0 Å². The maximum absolute atomic E-state index is 14.6. The van der Waals surface area contributed by atoms with E-state index in [9.17, 15) is 9.18 Å². The van der Waals surface area contributed by atoms with Crippen molar-refractivity contribution in [3.8, 4) is 0 Å². The fourth-order valence-electron chi connectivity index (χ4n) is 3.28. The third kappa shape index (κ3) is 5.29. The number of ether oxygens (including phenoxy) is 1. The zero-order valence-electron chi connectivity index (χ0n) is 16.7. The molecule has 7 nitrogen and oxygen atoms in total. The van der Waals surface area contributed by atoms with Crippen LogP contribution in [0.15, 0.2) is 12.1 Å². The SMILES string of the molecule is CC(C)(C)OC(=O)N1CCN(c2ccc(C(=S)NN3CCCC3)nc2F)CC1. The minimum absolute atomic E-state index is 0.334. The molecule has 1 N–H and O–H groups in total. The summed E-state index contributed by atoms with van der Waals surface area (Å²) >= 11 is 5.35. The van der Waals surface area contributed by atoms with Gasteiger partial charge in [-0.15, -0.1) is 0 Å². The van der Waals surface area contributed by atoms with Gasteiger partial charge in [-0.05, 0) is 45.7 Å². The van der Waals surface area contributed by atoms with Crippen molar-refractivity contribution in [2.75, 3.05) is 44.2 Å². The maximum Gasteiger partial charge on any atom is 0.410 e. The first-order valence-electron chi connectivity index (χ1n) is 9.68. The van der Waals surface area contributed by atoms with Crippen LogP contribution in [0.4, 0.5) is 14.9 Å². The Morgan fingerprint density at radius 1 is 1.14 bits per heavy atom. The van der Waals surface area contributed by atoms with Gasteiger partial charge in [-0.2, -0.15) is 4.39 Å². The highest BCUT2D eigenvalue weighted by Gasteiger charge is 2.27. The molecule has 154 valence electrons. The first-order chi connectivity index (χ1) is 13.2. The Labute approximate surface area is 170 Å². The Hall–Kier alpha value is -2.00. The van der Waals surface area contributed by atoms with Gasteiger partial charge < -0.3 is 20.0 Å². The Balaban J connectivity index is 1.57. The number of anilines is 1. The van der Waals surface area contributed by atoms with Gasteiger partial charge in [0.25, 0.3) is 0 Å². The fraction of sp³-hybridized carbons (Fsp3) is 0.632. The molecule has 3 heterocycles. The number of pyridine rings is 1. The molecule has 2 fully saturated rings. The molecule has 0 radical (unpaired) electrons. The van der Waals surface area contributed by atoms with E-state index in [0.717, 1.165) is 25.9 Å². The molecule has 1 aromatic rings. The largest absolute Gasteiger partial charge is 0.444 e. The number of hydrazine groups is 1. The molecule has 0 aliphatic carbocycles. The maximum atomic E-state index is 14.6. The van der Waals surface area contributed by atoms with Gasteiger partial charge in [0.05, 0.1) is 5.69 Å². The third-order valence-electron chi connectivity index (χ3n) is 4.70. The highest BCUT2D eigenvalue weighted by atomic mass is 32.1. The summed E-state index contributed by atoms with van der Waals surface area (Å²) < 4.78 is 20.0. The molecule has 0 saturated carbocycles. The van der Waals surface area contributed by atoms with E-state index in [-0.39, 0.29) is 6.09 Å². The summed E-state index contributed by atoms with van der Waals surface area (Å²) in [6, 6.07) is 3.45. The zero-order chi connectivity index (χ0) is 20.3. The number of halogens is 1. The lowest BCUT2D eigenvalue weighted by molar-refractivity contribution is 0.0240. The molecule has 1 aromatic heterocycles. The number of amides is 1. The number of nitrogens with one attached hydrogen (secondary N) is 1. The van der Waals surface area contributed by atoms with Gasteiger partial charge in [0.2, 0.25) is 5.95 Å². The summed E-state index contributed by atoms with van der Waals surface area (Å²) in [5.41, 5.74) is 3.45. The van der Waals surface area contributed by atoms with Gasteiger partial charge in [-0.1, -0.05) is 12.2 Å². The van der Waals surface area contributed by atoms with Crippen LogP contribution < -0.4 is 10.3 Å². The van der Waals surface area contributed by atoms with Gasteiger partial charge in [0, 0.05) is 39.3 Å². The van der Waals surface area contributed by atoms with E-state index in [1.807, 2.05) is 30.7 Å². The Morgan fingerprint density at radius 2 is 1.79 bits per heavy atom. The molecule has 9 heteroatoms. The van der Waals surface area contributed by atoms with Crippen LogP contribution in [-0.2, 0) is 4.74 Å². The summed E-state index contributed by atoms with van der Waals surface area (Å²) in [5.74, 6) is -0.547. The summed E-state index contributed by atoms with van der Waals surface area (Å²) in [7, 11) is 0. The second kappa shape index (κ2) is 8.57. The van der Waals surface area contributed by atoms with Crippen molar-refractivity contribution >= 4 is 29.0 Å². The lowest BCUT2D eigenvalue weighted by Crippen LogP contribution is -2.50. The van der Waals surface area contributed by atoms with Crippen LogP contribution in [-0.4, -0.2) is 70.8 Å². The molecule has 0 aromatic carbocycles. The normalized spacial score (nSPS) is 18.3. The van der Waals surface area contributed by atoms with Crippen LogP contribution in [0.25, 0.3) is 0 Å². The Bertz CT molecular complexity index is 726. The molecule has 0 spiro atoms. The minimum Gasteiger partial charge on any atom is -0.444 e. The van der Waals surface area contributed by atoms with Gasteiger partial charge in [-0.25, -0.2) is 14.8 Å². The fourth-order valence-corrected chi connectivity index (χ4v) is 3.52. The van der Waals surface area contributed by atoms with Crippen molar-refractivity contribution in [3.05, 3.63) is 23.8 Å². The number of hydrogen-bond donors (Lipinski definition) is 1. The number of carbonyl (C=O) groups excluding carboxylic acids is 1. The van der Waals surface area contributed by atoms with Crippen molar-refractivity contribution in [3.63, 3.8) is 0 Å². The van der Waals surface area contributed by atoms with E-state index in [1.54, 1.807) is 17.0 Å². The zero-order valence-corrected chi connectivity index (χ0v) is 17.5. The summed E-state index contributed by atoms with van der Waals surface area (Å²) in [6.45, 7) is 9.38. The van der Waals surface area contributed by atoms with Crippen LogP contribution in [0, 0.1) is 5.95 Å². The van der Waals surface area contributed by atoms with E-state index in [0.29, 0.717) is 42.5 Å². The third-order valence-corrected chi connectivity index (χ3v) is 5.00. The number of hydrogen-bond acceptors (Lipinski definition) is 6. The van der Waals surface area contributed by atoms with E-state index >= 15 is 0 Å². The number of thiocarbonyl (C=S) groups is 1. The molecule has 0 unspecified atom stereocenters. The smallest absolute Gasteiger partial charge is 0.410 e. The molecule has 1 amide bonds. The van der Waals surface area contributed by atoms with Crippen LogP contribution in [0.1, 0.15) is 39.3 Å². The van der Waals surface area contributed by atoms with E-state index in [4.69, 9.17) is 17.0 Å². The monoisotopic (exact) mass is 409 g/mol. The summed E-state index contributed by atoms with van der Waals surface area (Å²) in [5, 5.41) is 2.03. The average molecular weight is 410 g/mol. The van der Waals surface area contributed by atoms with Gasteiger partial charge in [0.1, 0.15) is 16.3 Å². The predicted molar refractivity (Wildman–Crippen MR) is 110 cm³/mol. The van der Waals surface area contributed by atoms with Crippen molar-refractivity contribution < 1.29 is 13.9 Å². The number of nitrogens with zero attached hydrogens (tertiary/aromatic N) is 4. The molecule has 2 aliphatic rings. The van der Waals surface area contributed by atoms with Crippen LogP contribution in [0.5, 0.6) is 0 Å². The number of carbonyl (C=O) groups is 1. The van der Waals surface area contributed by atoms with Gasteiger partial charge >= 0.3 is 6.09 Å². The lowest BCUT2D eigenvalue weighted by Gasteiger charge is -2.36. The summed E-state index contributed by atoms with van der Waals surface area (Å²) in [6.07, 6.45) is 1.93. The van der Waals surface area contributed by atoms with Gasteiger partial charge in [-0.3, -0.25) is 0 Å². The number of rotatable bonds is 3. The van der Waals surface area contributed by atoms with Crippen molar-refractivity contribution in [2.24, 2.45) is 0 Å². The molecule has 2 aliphatic heterocycles. The van der Waals surface area contributed by atoms with Crippen molar-refractivity contribution in [2.45, 2.75) is 39.2 Å². The van der Waals surface area contributed by atoms with Crippen molar-refractivity contribution in [1.82, 2.24) is 20.3 Å². The van der Waals surface area contributed by atoms with E-state index < -0.39 is 11.5 Å². The molecule has 3 rings (SSSR count). The Morgan fingerprint density at radius 3 is 2.36 bits per heavy atom. The molecule has 0 bridgehead atoms. The number of piperazine rings is 1. The standard InChI is InChI=1S/C19H28FN5O2S/c1-19(2,3)27-18(26)24-12-10-23(11-13-24)15-7-6-14(21-16(15)20)17(28)22-25-8-4-5-9-25/h6-7H,4-5,8-13H2,1-3H3,(H,22,28). The second-order valence-corrected chi connectivity index (χ2v) is 8.50. The highest BCUT2D eigenvalue weighted by molar-refractivity contribution is 7.80. The van der Waals surface area contributed by atoms with Crippen molar-refractivity contribution in [1.29, 1.82) is 0 Å². The predicted octanol–water partition coefficient (Wildman–Crippen LogP) is 2.55. The highest BCUT2D eigenvalue weighted by Crippen LogP contribution is 2.21. The molecule has 0 atom stereocenters. The van der Waals surface area contributed by atoms with Crippen LogP contribution in [0.2, 0.25) is 0 Å². The Kier molecular flexibility index (Phi) is 6.34. The quantitative estimate of drug-likeness (QED) is 0.608. The number of aromatic nitrogens is 1. The molecular weight excluding hydrogens is 381 g/mol. The summed E-state index contributed by atoms with van der Waals surface area (Å²) in [4.78, 5) is 20.2. The van der Waals surface area contributed by atoms with E-state index in [2.05, 4.69) is 10.4 Å². The lowest BCUT2D eigenvalue weighted by atomic mass is 10.2. The molecule has 2 saturated heterocycles. The minimum atomic E-state index is -0.547.